The van der Waals surface area contributed by atoms with Crippen LogP contribution in [0.4, 0.5) is 14.6 Å². The van der Waals surface area contributed by atoms with Gasteiger partial charge in [0.15, 0.2) is 0 Å². The van der Waals surface area contributed by atoms with Gasteiger partial charge in [-0.25, -0.2) is 18.6 Å². The van der Waals surface area contributed by atoms with Crippen molar-refractivity contribution in [2.45, 2.75) is 12.3 Å². The first-order valence-electron chi connectivity index (χ1n) is 7.28. The first-order valence-corrected chi connectivity index (χ1v) is 7.28. The highest BCUT2D eigenvalue weighted by Gasteiger charge is 2.34. The predicted molar refractivity (Wildman–Crippen MR) is 84.5 cm³/mol. The number of aliphatic imine (C=N–C) groups is 1. The molecule has 7 nitrogen and oxygen atoms in total. The molecule has 1 aliphatic heterocycles. The molecule has 2 heterocycles. The minimum Gasteiger partial charge on any atom is -0.481 e. The molecule has 0 spiro atoms. The molecule has 0 fully saturated rings. The lowest BCUT2D eigenvalue weighted by Gasteiger charge is -2.23. The van der Waals surface area contributed by atoms with Gasteiger partial charge in [-0.2, -0.15) is 0 Å². The highest BCUT2D eigenvalue weighted by atomic mass is 19.1. The summed E-state index contributed by atoms with van der Waals surface area (Å²) in [6.45, 7) is 0. The molecule has 9 heteroatoms. The molecule has 3 rings (SSSR count). The van der Waals surface area contributed by atoms with Crippen LogP contribution < -0.4 is 11.2 Å². The van der Waals surface area contributed by atoms with E-state index in [0.717, 1.165) is 21.3 Å². The van der Waals surface area contributed by atoms with Crippen LogP contribution in [-0.4, -0.2) is 25.9 Å². The van der Waals surface area contributed by atoms with Gasteiger partial charge in [0.25, 0.3) is 5.56 Å². The van der Waals surface area contributed by atoms with E-state index in [1.54, 1.807) is 0 Å². The molecule has 1 N–H and O–H groups in total. The van der Waals surface area contributed by atoms with E-state index in [9.17, 15) is 28.3 Å². The van der Waals surface area contributed by atoms with Gasteiger partial charge in [-0.05, 0) is 12.1 Å². The molecule has 0 saturated heterocycles. The maximum absolute atomic E-state index is 14.1. The van der Waals surface area contributed by atoms with E-state index in [2.05, 4.69) is 4.99 Å². The fraction of sp³-hybridized carbons (Fsp3) is 0.250. The largest absolute Gasteiger partial charge is 0.481 e. The molecule has 1 atom stereocenters. The van der Waals surface area contributed by atoms with Crippen LogP contribution in [0.15, 0.2) is 32.8 Å². The smallest absolute Gasteiger partial charge is 0.332 e. The Labute approximate surface area is 139 Å². The van der Waals surface area contributed by atoms with Crippen LogP contribution in [0.5, 0.6) is 0 Å². The van der Waals surface area contributed by atoms with Gasteiger partial charge in [-0.1, -0.05) is 0 Å². The van der Waals surface area contributed by atoms with Gasteiger partial charge in [0, 0.05) is 32.1 Å². The Morgan fingerprint density at radius 1 is 1.24 bits per heavy atom. The number of halogens is 2. The van der Waals surface area contributed by atoms with E-state index in [1.165, 1.54) is 14.1 Å². The van der Waals surface area contributed by atoms with Gasteiger partial charge in [-0.3, -0.25) is 18.7 Å². The molecule has 0 radical (unpaired) electrons. The first-order chi connectivity index (χ1) is 11.7. The van der Waals surface area contributed by atoms with Crippen molar-refractivity contribution in [3.8, 4) is 0 Å². The fourth-order valence-electron chi connectivity index (χ4n) is 2.87. The summed E-state index contributed by atoms with van der Waals surface area (Å²) in [5.74, 6) is -4.41. The van der Waals surface area contributed by atoms with Crippen molar-refractivity contribution in [3.63, 3.8) is 0 Å². The SMILES string of the molecule is Cn1c2c(c(=O)n(C)c1=O)C(C(=O)O)CC(c1ccc(F)cc1F)=N2. The number of fused-ring (bicyclic) bond motifs is 1. The van der Waals surface area contributed by atoms with Crippen molar-refractivity contribution >= 4 is 17.5 Å². The minimum absolute atomic E-state index is 0.0284. The van der Waals surface area contributed by atoms with Crippen molar-refractivity contribution < 1.29 is 18.7 Å². The maximum atomic E-state index is 14.1. The number of carbonyl (C=O) groups is 1. The summed E-state index contributed by atoms with van der Waals surface area (Å²) in [4.78, 5) is 40.2. The molecule has 1 aromatic heterocycles. The van der Waals surface area contributed by atoms with Crippen LogP contribution in [0, 0.1) is 11.6 Å². The Morgan fingerprint density at radius 3 is 2.52 bits per heavy atom. The van der Waals surface area contributed by atoms with E-state index in [0.29, 0.717) is 6.07 Å². The average Bonchev–Trinajstić information content (AvgIpc) is 2.56. The van der Waals surface area contributed by atoms with Crippen molar-refractivity contribution in [1.82, 2.24) is 9.13 Å². The summed E-state index contributed by atoms with van der Waals surface area (Å²) >= 11 is 0. The monoisotopic (exact) mass is 349 g/mol. The highest BCUT2D eigenvalue weighted by molar-refractivity contribution is 6.06. The third-order valence-corrected chi connectivity index (χ3v) is 4.19. The van der Waals surface area contributed by atoms with Crippen molar-refractivity contribution in [2.75, 3.05) is 0 Å². The molecule has 2 aromatic rings. The summed E-state index contributed by atoms with van der Waals surface area (Å²) in [6, 6.07) is 2.83. The van der Waals surface area contributed by atoms with Gasteiger partial charge in [0.05, 0.1) is 17.2 Å². The Hall–Kier alpha value is -3.10. The van der Waals surface area contributed by atoms with Crippen LogP contribution in [0.25, 0.3) is 0 Å². The number of nitrogens with zero attached hydrogens (tertiary/aromatic N) is 3. The Balaban J connectivity index is 2.34. The van der Waals surface area contributed by atoms with E-state index in [1.807, 2.05) is 0 Å². The molecule has 25 heavy (non-hydrogen) atoms. The third kappa shape index (κ3) is 2.57. The summed E-state index contributed by atoms with van der Waals surface area (Å²) < 4.78 is 29.0. The highest BCUT2D eigenvalue weighted by Crippen LogP contribution is 2.33. The Morgan fingerprint density at radius 2 is 1.92 bits per heavy atom. The Kier molecular flexibility index (Phi) is 3.86. The van der Waals surface area contributed by atoms with Gasteiger partial charge in [0.1, 0.15) is 17.5 Å². The molecule has 1 aromatic carbocycles. The van der Waals surface area contributed by atoms with Crippen molar-refractivity contribution in [2.24, 2.45) is 19.1 Å². The van der Waals surface area contributed by atoms with E-state index in [-0.39, 0.29) is 29.1 Å². The zero-order chi connectivity index (χ0) is 18.5. The summed E-state index contributed by atoms with van der Waals surface area (Å²) in [5, 5.41) is 9.49. The van der Waals surface area contributed by atoms with Gasteiger partial charge < -0.3 is 5.11 Å². The molecule has 0 bridgehead atoms. The molecular formula is C16H13F2N3O4. The van der Waals surface area contributed by atoms with Crippen LogP contribution in [-0.2, 0) is 18.9 Å². The number of aliphatic carboxylic acids is 1. The second kappa shape index (κ2) is 5.76. The third-order valence-electron chi connectivity index (χ3n) is 4.19. The number of rotatable bonds is 2. The standard InChI is InChI=1S/C16H13F2N3O4/c1-20-13-12(14(22)21(2)16(20)25)9(15(23)24)6-11(19-13)8-4-3-7(17)5-10(8)18/h3-5,9H,6H2,1-2H3,(H,23,24). The van der Waals surface area contributed by atoms with Gasteiger partial charge in [-0.15, -0.1) is 0 Å². The second-order valence-electron chi connectivity index (χ2n) is 5.72. The molecule has 1 aliphatic rings. The van der Waals surface area contributed by atoms with Gasteiger partial charge in [0.2, 0.25) is 0 Å². The second-order valence-corrected chi connectivity index (χ2v) is 5.72. The van der Waals surface area contributed by atoms with E-state index in [4.69, 9.17) is 0 Å². The minimum atomic E-state index is -1.30. The quantitative estimate of drug-likeness (QED) is 0.877. The number of benzene rings is 1. The summed E-state index contributed by atoms with van der Waals surface area (Å²) in [5.41, 5.74) is -1.62. The van der Waals surface area contributed by atoms with E-state index < -0.39 is 34.8 Å². The Bertz CT molecular complexity index is 1050. The molecular weight excluding hydrogens is 336 g/mol. The zero-order valence-corrected chi connectivity index (χ0v) is 13.3. The molecule has 0 aliphatic carbocycles. The maximum Gasteiger partial charge on any atom is 0.332 e. The molecule has 0 amide bonds. The predicted octanol–water partition coefficient (Wildman–Crippen LogP) is 1.05. The molecule has 0 saturated carbocycles. The van der Waals surface area contributed by atoms with Crippen LogP contribution in [0.2, 0.25) is 0 Å². The lowest BCUT2D eigenvalue weighted by Crippen LogP contribution is -2.42. The normalized spacial score (nSPS) is 16.3. The summed E-state index contributed by atoms with van der Waals surface area (Å²) in [7, 11) is 2.58. The number of aromatic nitrogens is 2. The van der Waals surface area contributed by atoms with Crippen LogP contribution in [0.1, 0.15) is 23.5 Å². The zero-order valence-electron chi connectivity index (χ0n) is 13.3. The number of carboxylic acid groups (broad SMARTS) is 1. The van der Waals surface area contributed by atoms with E-state index >= 15 is 0 Å². The van der Waals surface area contributed by atoms with Crippen LogP contribution >= 0.6 is 0 Å². The lowest BCUT2D eigenvalue weighted by atomic mass is 9.89. The fourth-order valence-corrected chi connectivity index (χ4v) is 2.87. The van der Waals surface area contributed by atoms with Crippen molar-refractivity contribution in [1.29, 1.82) is 0 Å². The number of carboxylic acids is 1. The summed E-state index contributed by atoms with van der Waals surface area (Å²) in [6.07, 6.45) is -0.252. The van der Waals surface area contributed by atoms with Gasteiger partial charge >= 0.3 is 11.7 Å². The first kappa shape index (κ1) is 16.7. The van der Waals surface area contributed by atoms with Crippen LogP contribution in [0.3, 0.4) is 0 Å². The van der Waals surface area contributed by atoms with Crippen molar-refractivity contribution in [3.05, 3.63) is 61.8 Å². The molecule has 1 unspecified atom stereocenters. The number of hydrogen-bond acceptors (Lipinski definition) is 4. The molecule has 130 valence electrons. The number of hydrogen-bond donors (Lipinski definition) is 1. The lowest BCUT2D eigenvalue weighted by molar-refractivity contribution is -0.138. The average molecular weight is 349 g/mol. The topological polar surface area (TPSA) is 93.7 Å².